The number of aromatic hydroxyl groups is 1. The van der Waals surface area contributed by atoms with Crippen LogP contribution in [0.2, 0.25) is 0 Å². The molecule has 2 N–H and O–H groups in total. The number of ketones is 2. The number of aliphatic carboxylic acids is 1. The predicted octanol–water partition coefficient (Wildman–Crippen LogP) is 2.09. The number of carboxylic acids is 1. The summed E-state index contributed by atoms with van der Waals surface area (Å²) in [7, 11) is 0. The van der Waals surface area contributed by atoms with Crippen LogP contribution < -0.4 is 0 Å². The number of phenolic OH excluding ortho intramolecular Hbond substituents is 1. The van der Waals surface area contributed by atoms with Gasteiger partial charge in [-0.1, -0.05) is 24.3 Å². The molecule has 1 heterocycles. The van der Waals surface area contributed by atoms with Crippen LogP contribution in [0, 0.1) is 0 Å². The molecule has 2 aromatic carbocycles. The van der Waals surface area contributed by atoms with Gasteiger partial charge in [0.25, 0.3) is 0 Å². The second-order valence-corrected chi connectivity index (χ2v) is 5.83. The summed E-state index contributed by atoms with van der Waals surface area (Å²) in [6.07, 6.45) is -1.34. The van der Waals surface area contributed by atoms with Crippen LogP contribution in [0.15, 0.2) is 41.5 Å². The number of phenols is 1. The Kier molecular flexibility index (Phi) is 3.04. The monoisotopic (exact) mass is 324 g/mol. The molecule has 0 aromatic heterocycles. The van der Waals surface area contributed by atoms with Crippen LogP contribution in [-0.4, -0.2) is 40.5 Å². The molecule has 0 saturated heterocycles. The van der Waals surface area contributed by atoms with E-state index in [2.05, 4.69) is 0 Å². The van der Waals surface area contributed by atoms with Gasteiger partial charge in [-0.15, -0.1) is 0 Å². The van der Waals surface area contributed by atoms with E-state index in [-0.39, 0.29) is 41.1 Å². The Morgan fingerprint density at radius 2 is 1.88 bits per heavy atom. The van der Waals surface area contributed by atoms with E-state index in [1.54, 1.807) is 30.3 Å². The first-order valence-electron chi connectivity index (χ1n) is 7.39. The van der Waals surface area contributed by atoms with Gasteiger partial charge in [-0.25, -0.2) is 4.79 Å². The summed E-state index contributed by atoms with van der Waals surface area (Å²) in [5.41, 5.74) is 0.382. The average molecular weight is 324 g/mol. The SMILES string of the molecule is O=C1C2=C(CC(C(=O)O)OC2)C(=O)c2c1cc1ccccc1c2O. The van der Waals surface area contributed by atoms with Crippen LogP contribution >= 0.6 is 0 Å². The molecule has 0 amide bonds. The van der Waals surface area contributed by atoms with Gasteiger partial charge in [0.05, 0.1) is 12.2 Å². The Bertz CT molecular complexity index is 969. The zero-order valence-electron chi connectivity index (χ0n) is 12.4. The highest BCUT2D eigenvalue weighted by Gasteiger charge is 2.40. The van der Waals surface area contributed by atoms with Gasteiger partial charge in [-0.3, -0.25) is 9.59 Å². The summed E-state index contributed by atoms with van der Waals surface area (Å²) in [5.74, 6) is -2.33. The highest BCUT2D eigenvalue weighted by Crippen LogP contribution is 2.40. The molecule has 4 rings (SSSR count). The smallest absolute Gasteiger partial charge is 0.333 e. The van der Waals surface area contributed by atoms with Crippen LogP contribution in [0.3, 0.4) is 0 Å². The van der Waals surface area contributed by atoms with Crippen molar-refractivity contribution in [1.29, 1.82) is 0 Å². The summed E-state index contributed by atoms with van der Waals surface area (Å²) in [6, 6.07) is 8.49. The third kappa shape index (κ3) is 1.90. The Hall–Kier alpha value is -2.99. The van der Waals surface area contributed by atoms with Gasteiger partial charge in [-0.05, 0) is 11.5 Å². The molecule has 0 fully saturated rings. The van der Waals surface area contributed by atoms with E-state index in [9.17, 15) is 19.5 Å². The number of hydrogen-bond acceptors (Lipinski definition) is 5. The van der Waals surface area contributed by atoms with E-state index in [0.29, 0.717) is 10.8 Å². The molecule has 0 spiro atoms. The van der Waals surface area contributed by atoms with Crippen molar-refractivity contribution in [3.63, 3.8) is 0 Å². The van der Waals surface area contributed by atoms with E-state index in [0.717, 1.165) is 0 Å². The van der Waals surface area contributed by atoms with Crippen molar-refractivity contribution in [1.82, 2.24) is 0 Å². The number of carboxylic acid groups (broad SMARTS) is 1. The maximum Gasteiger partial charge on any atom is 0.333 e. The fourth-order valence-electron chi connectivity index (χ4n) is 3.28. The first-order valence-corrected chi connectivity index (χ1v) is 7.39. The minimum Gasteiger partial charge on any atom is -0.507 e. The predicted molar refractivity (Wildman–Crippen MR) is 83.3 cm³/mol. The standard InChI is InChI=1S/C18H12O6/c19-15-11-5-8-3-1-2-4-9(8)16(20)14(11)17(21)10-6-13(18(22)23)24-7-12(10)15/h1-5,13,20H,6-7H2,(H,22,23). The van der Waals surface area contributed by atoms with Crippen molar-refractivity contribution in [3.8, 4) is 5.75 Å². The van der Waals surface area contributed by atoms with E-state index in [1.807, 2.05) is 0 Å². The number of carbonyl (C=O) groups is 3. The summed E-state index contributed by atoms with van der Waals surface area (Å²) in [4.78, 5) is 36.6. The summed E-state index contributed by atoms with van der Waals surface area (Å²) in [5, 5.41) is 20.7. The lowest BCUT2D eigenvalue weighted by molar-refractivity contribution is -0.150. The molecule has 1 atom stereocenters. The van der Waals surface area contributed by atoms with Crippen molar-refractivity contribution in [3.05, 3.63) is 52.6 Å². The third-order valence-electron chi connectivity index (χ3n) is 4.50. The minimum atomic E-state index is -1.18. The van der Waals surface area contributed by atoms with Gasteiger partial charge in [0.2, 0.25) is 0 Å². The highest BCUT2D eigenvalue weighted by molar-refractivity contribution is 6.30. The Morgan fingerprint density at radius 3 is 2.62 bits per heavy atom. The second kappa shape index (κ2) is 5.01. The Morgan fingerprint density at radius 1 is 1.12 bits per heavy atom. The number of fused-ring (bicyclic) bond motifs is 2. The molecule has 6 nitrogen and oxygen atoms in total. The van der Waals surface area contributed by atoms with E-state index in [1.165, 1.54) is 0 Å². The average Bonchev–Trinajstić information content (AvgIpc) is 2.59. The van der Waals surface area contributed by atoms with Crippen molar-refractivity contribution in [2.45, 2.75) is 12.5 Å². The van der Waals surface area contributed by atoms with Crippen molar-refractivity contribution >= 4 is 28.3 Å². The van der Waals surface area contributed by atoms with Gasteiger partial charge in [-0.2, -0.15) is 0 Å². The van der Waals surface area contributed by atoms with Crippen LogP contribution in [-0.2, 0) is 9.53 Å². The van der Waals surface area contributed by atoms with Gasteiger partial charge in [0, 0.05) is 28.5 Å². The topological polar surface area (TPSA) is 101 Å². The zero-order chi connectivity index (χ0) is 17.0. The molecule has 0 bridgehead atoms. The summed E-state index contributed by atoms with van der Waals surface area (Å²) >= 11 is 0. The molecule has 2 aliphatic rings. The number of hydrogen-bond donors (Lipinski definition) is 2. The fourth-order valence-corrected chi connectivity index (χ4v) is 3.28. The molecule has 1 aliphatic carbocycles. The molecule has 120 valence electrons. The molecule has 0 saturated carbocycles. The van der Waals surface area contributed by atoms with Crippen molar-refractivity contribution < 1.29 is 29.3 Å². The lowest BCUT2D eigenvalue weighted by Gasteiger charge is -2.28. The van der Waals surface area contributed by atoms with Gasteiger partial charge < -0.3 is 14.9 Å². The van der Waals surface area contributed by atoms with Gasteiger partial charge in [0.1, 0.15) is 5.75 Å². The third-order valence-corrected chi connectivity index (χ3v) is 4.50. The zero-order valence-corrected chi connectivity index (χ0v) is 12.4. The molecule has 0 radical (unpaired) electrons. The number of rotatable bonds is 1. The first-order chi connectivity index (χ1) is 11.5. The second-order valence-electron chi connectivity index (χ2n) is 5.83. The lowest BCUT2D eigenvalue weighted by atomic mass is 9.79. The Balaban J connectivity index is 1.93. The molecular formula is C18H12O6. The maximum atomic E-state index is 12.8. The number of benzene rings is 2. The summed E-state index contributed by atoms with van der Waals surface area (Å²) < 4.78 is 5.17. The number of Topliss-reactive ketones (excluding diaryl/α,β-unsaturated/α-hetero) is 2. The van der Waals surface area contributed by atoms with Gasteiger partial charge >= 0.3 is 5.97 Å². The van der Waals surface area contributed by atoms with Crippen LogP contribution in [0.5, 0.6) is 5.75 Å². The molecule has 1 aliphatic heterocycles. The maximum absolute atomic E-state index is 12.8. The summed E-state index contributed by atoms with van der Waals surface area (Å²) in [6.45, 7) is -0.218. The normalized spacial score (nSPS) is 20.1. The van der Waals surface area contributed by atoms with Gasteiger partial charge in [0.15, 0.2) is 17.7 Å². The fraction of sp³-hybridized carbons (Fsp3) is 0.167. The van der Waals surface area contributed by atoms with E-state index in [4.69, 9.17) is 9.84 Å². The lowest BCUT2D eigenvalue weighted by Crippen LogP contribution is -2.36. The number of ether oxygens (including phenoxy) is 1. The molecule has 1 unspecified atom stereocenters. The van der Waals surface area contributed by atoms with E-state index >= 15 is 0 Å². The Labute approximate surface area is 136 Å². The molecule has 6 heteroatoms. The number of carbonyl (C=O) groups excluding carboxylic acids is 2. The van der Waals surface area contributed by atoms with Crippen molar-refractivity contribution in [2.24, 2.45) is 0 Å². The molecule has 24 heavy (non-hydrogen) atoms. The van der Waals surface area contributed by atoms with Crippen molar-refractivity contribution in [2.75, 3.05) is 6.61 Å². The van der Waals surface area contributed by atoms with Crippen LogP contribution in [0.1, 0.15) is 27.1 Å². The highest BCUT2D eigenvalue weighted by atomic mass is 16.5. The molecular weight excluding hydrogens is 312 g/mol. The first kappa shape index (κ1) is 14.6. The quantitative estimate of drug-likeness (QED) is 0.833. The van der Waals surface area contributed by atoms with Crippen LogP contribution in [0.4, 0.5) is 0 Å². The van der Waals surface area contributed by atoms with Crippen LogP contribution in [0.25, 0.3) is 10.8 Å². The largest absolute Gasteiger partial charge is 0.507 e. The minimum absolute atomic E-state index is 0.0523. The molecule has 2 aromatic rings. The van der Waals surface area contributed by atoms with E-state index < -0.39 is 23.6 Å².